The quantitative estimate of drug-likeness (QED) is 0.243. The third-order valence-corrected chi connectivity index (χ3v) is 6.46. The molecule has 28 heavy (non-hydrogen) atoms. The van der Waals surface area contributed by atoms with Gasteiger partial charge in [0.15, 0.2) is 5.16 Å². The monoisotopic (exact) mass is 499 g/mol. The van der Waals surface area contributed by atoms with E-state index in [9.17, 15) is 9.59 Å². The van der Waals surface area contributed by atoms with Gasteiger partial charge in [0.2, 0.25) is 0 Å². The Kier molecular flexibility index (Phi) is 6.69. The van der Waals surface area contributed by atoms with Crippen molar-refractivity contribution in [2.45, 2.75) is 18.7 Å². The Morgan fingerprint density at radius 3 is 2.75 bits per heavy atom. The molecule has 0 bridgehead atoms. The lowest BCUT2D eigenvalue weighted by atomic mass is 10.1. The molecule has 0 saturated carbocycles. The Morgan fingerprint density at radius 2 is 2.14 bits per heavy atom. The number of imide groups is 1. The van der Waals surface area contributed by atoms with Crippen LogP contribution >= 0.6 is 51.1 Å². The van der Waals surface area contributed by atoms with Gasteiger partial charge in [-0.2, -0.15) is 0 Å². The lowest BCUT2D eigenvalue weighted by Crippen LogP contribution is -2.22. The van der Waals surface area contributed by atoms with Crippen LogP contribution in [-0.4, -0.2) is 39.3 Å². The number of carbonyl (C=O) groups excluding carboxylic acids is 2. The fourth-order valence-electron chi connectivity index (χ4n) is 2.34. The SMILES string of the molecule is CSc1ncc(COc2cc(/C=C3\SC(=O)N(C)C3=O)c(Br)cc2C)c(Cl)n1. The summed E-state index contributed by atoms with van der Waals surface area (Å²) in [6, 6.07) is 3.71. The third kappa shape index (κ3) is 4.53. The van der Waals surface area contributed by atoms with E-state index >= 15 is 0 Å². The molecule has 2 aromatic rings. The van der Waals surface area contributed by atoms with Crippen LogP contribution in [0.3, 0.4) is 0 Å². The van der Waals surface area contributed by atoms with Gasteiger partial charge in [0.1, 0.15) is 17.5 Å². The highest BCUT2D eigenvalue weighted by Gasteiger charge is 2.32. The van der Waals surface area contributed by atoms with Crippen molar-refractivity contribution >= 4 is 68.3 Å². The van der Waals surface area contributed by atoms with Crippen molar-refractivity contribution in [1.29, 1.82) is 0 Å². The topological polar surface area (TPSA) is 72.4 Å². The van der Waals surface area contributed by atoms with E-state index in [2.05, 4.69) is 25.9 Å². The summed E-state index contributed by atoms with van der Waals surface area (Å²) < 4.78 is 6.71. The normalized spacial score (nSPS) is 15.6. The van der Waals surface area contributed by atoms with Crippen molar-refractivity contribution in [2.24, 2.45) is 0 Å². The number of benzene rings is 1. The van der Waals surface area contributed by atoms with Gasteiger partial charge in [0.05, 0.1) is 4.91 Å². The maximum Gasteiger partial charge on any atom is 0.293 e. The van der Waals surface area contributed by atoms with Crippen LogP contribution in [0.25, 0.3) is 6.08 Å². The zero-order valence-electron chi connectivity index (χ0n) is 15.2. The molecule has 0 unspecified atom stereocenters. The minimum Gasteiger partial charge on any atom is -0.488 e. The first-order chi connectivity index (χ1) is 13.3. The maximum absolute atomic E-state index is 12.1. The molecule has 1 saturated heterocycles. The molecule has 3 rings (SSSR count). The van der Waals surface area contributed by atoms with Crippen LogP contribution in [0.1, 0.15) is 16.7 Å². The maximum atomic E-state index is 12.1. The predicted octanol–water partition coefficient (Wildman–Crippen LogP) is 5.17. The summed E-state index contributed by atoms with van der Waals surface area (Å²) in [7, 11) is 1.46. The second-order valence-electron chi connectivity index (χ2n) is 5.84. The molecule has 0 aliphatic carbocycles. The van der Waals surface area contributed by atoms with Crippen molar-refractivity contribution in [3.05, 3.63) is 49.6 Å². The lowest BCUT2D eigenvalue weighted by molar-refractivity contribution is -0.121. The Morgan fingerprint density at radius 1 is 1.39 bits per heavy atom. The minimum absolute atomic E-state index is 0.209. The summed E-state index contributed by atoms with van der Waals surface area (Å²) in [5.41, 5.74) is 2.32. The molecule has 146 valence electrons. The molecule has 1 aromatic heterocycles. The average molecular weight is 501 g/mol. The molecule has 1 aromatic carbocycles. The molecule has 2 amide bonds. The van der Waals surface area contributed by atoms with E-state index in [0.717, 1.165) is 32.3 Å². The van der Waals surface area contributed by atoms with Gasteiger partial charge in [-0.05, 0) is 54.3 Å². The summed E-state index contributed by atoms with van der Waals surface area (Å²) in [5, 5.41) is 0.658. The van der Waals surface area contributed by atoms with Crippen LogP contribution in [0.5, 0.6) is 5.75 Å². The fraction of sp³-hybridized carbons (Fsp3) is 0.222. The number of rotatable bonds is 5. The number of ether oxygens (including phenoxy) is 1. The van der Waals surface area contributed by atoms with Crippen molar-refractivity contribution in [3.63, 3.8) is 0 Å². The van der Waals surface area contributed by atoms with Crippen LogP contribution in [0.15, 0.2) is 32.9 Å². The smallest absolute Gasteiger partial charge is 0.293 e. The summed E-state index contributed by atoms with van der Waals surface area (Å²) in [6.45, 7) is 2.12. The second-order valence-corrected chi connectivity index (χ2v) is 8.82. The molecule has 0 N–H and O–H groups in total. The van der Waals surface area contributed by atoms with Crippen molar-refractivity contribution < 1.29 is 14.3 Å². The first-order valence-corrected chi connectivity index (χ1v) is 11.2. The number of carbonyl (C=O) groups is 2. The number of halogens is 2. The van der Waals surface area contributed by atoms with E-state index in [1.165, 1.54) is 18.8 Å². The number of amides is 2. The third-order valence-electron chi connectivity index (χ3n) is 3.92. The molecule has 10 heteroatoms. The van der Waals surface area contributed by atoms with Gasteiger partial charge < -0.3 is 4.74 Å². The Hall–Kier alpha value is -1.55. The molecule has 1 aliphatic rings. The van der Waals surface area contributed by atoms with E-state index in [4.69, 9.17) is 16.3 Å². The van der Waals surface area contributed by atoms with E-state index in [-0.39, 0.29) is 17.8 Å². The molecule has 1 aliphatic heterocycles. The molecule has 2 heterocycles. The van der Waals surface area contributed by atoms with Gasteiger partial charge in [-0.25, -0.2) is 9.97 Å². The highest BCUT2D eigenvalue weighted by molar-refractivity contribution is 9.10. The Bertz CT molecular complexity index is 1000. The molecular formula is C18H15BrClN3O3S2. The Labute approximate surface area is 184 Å². The standard InChI is InChI=1S/C18H15BrClN3O3S2/c1-9-4-12(19)10(6-14-16(24)23(2)18(25)28-14)5-13(9)26-8-11-7-21-17(27-3)22-15(11)20/h4-7H,8H2,1-3H3/b14-6-. The first-order valence-electron chi connectivity index (χ1n) is 8.00. The van der Waals surface area contributed by atoms with Crippen LogP contribution in [0, 0.1) is 6.92 Å². The van der Waals surface area contributed by atoms with Crippen molar-refractivity contribution in [3.8, 4) is 5.75 Å². The summed E-state index contributed by atoms with van der Waals surface area (Å²) >= 11 is 12.0. The highest BCUT2D eigenvalue weighted by Crippen LogP contribution is 2.35. The molecule has 0 radical (unpaired) electrons. The van der Waals surface area contributed by atoms with E-state index in [1.807, 2.05) is 25.3 Å². The van der Waals surface area contributed by atoms with E-state index < -0.39 is 0 Å². The molecule has 1 fully saturated rings. The fourth-order valence-corrected chi connectivity index (χ4v) is 4.31. The molecule has 0 spiro atoms. The number of hydrogen-bond acceptors (Lipinski definition) is 7. The average Bonchev–Trinajstić information content (AvgIpc) is 2.90. The first kappa shape index (κ1) is 21.2. The van der Waals surface area contributed by atoms with Gasteiger partial charge in [-0.15, -0.1) is 0 Å². The van der Waals surface area contributed by atoms with Gasteiger partial charge in [-0.1, -0.05) is 39.3 Å². The largest absolute Gasteiger partial charge is 0.488 e. The molecule has 0 atom stereocenters. The number of hydrogen-bond donors (Lipinski definition) is 0. The van der Waals surface area contributed by atoms with Crippen LogP contribution < -0.4 is 4.74 Å². The number of aromatic nitrogens is 2. The van der Waals surface area contributed by atoms with Crippen LogP contribution in [-0.2, 0) is 11.4 Å². The van der Waals surface area contributed by atoms with Gasteiger partial charge in [-0.3, -0.25) is 14.5 Å². The van der Waals surface area contributed by atoms with Gasteiger partial charge in [0, 0.05) is 23.3 Å². The van der Waals surface area contributed by atoms with Crippen LogP contribution in [0.2, 0.25) is 5.15 Å². The number of likely N-dealkylation sites (N-methyl/N-ethyl adjacent to an activating group) is 1. The highest BCUT2D eigenvalue weighted by atomic mass is 79.9. The van der Waals surface area contributed by atoms with Crippen molar-refractivity contribution in [2.75, 3.05) is 13.3 Å². The van der Waals surface area contributed by atoms with Crippen LogP contribution in [0.4, 0.5) is 4.79 Å². The Balaban J connectivity index is 1.84. The molecular weight excluding hydrogens is 486 g/mol. The number of nitrogens with zero attached hydrogens (tertiary/aromatic N) is 3. The van der Waals surface area contributed by atoms with E-state index in [0.29, 0.717) is 26.5 Å². The summed E-state index contributed by atoms with van der Waals surface area (Å²) in [4.78, 5) is 33.7. The number of thioether (sulfide) groups is 2. The summed E-state index contributed by atoms with van der Waals surface area (Å²) in [6.07, 6.45) is 5.20. The molecule has 6 nitrogen and oxygen atoms in total. The number of aryl methyl sites for hydroxylation is 1. The second kappa shape index (κ2) is 8.86. The minimum atomic E-state index is -0.317. The lowest BCUT2D eigenvalue weighted by Gasteiger charge is -2.12. The van der Waals surface area contributed by atoms with E-state index in [1.54, 1.807) is 12.3 Å². The predicted molar refractivity (Wildman–Crippen MR) is 116 cm³/mol. The zero-order valence-corrected chi connectivity index (χ0v) is 19.1. The van der Waals surface area contributed by atoms with Crippen molar-refractivity contribution in [1.82, 2.24) is 14.9 Å². The summed E-state index contributed by atoms with van der Waals surface area (Å²) in [5.74, 6) is 0.318. The van der Waals surface area contributed by atoms with Gasteiger partial charge >= 0.3 is 0 Å². The van der Waals surface area contributed by atoms with Gasteiger partial charge in [0.25, 0.3) is 11.1 Å². The zero-order chi connectivity index (χ0) is 20.4.